The Balaban J connectivity index is 1.99. The molecule has 0 bridgehead atoms. The van der Waals surface area contributed by atoms with Gasteiger partial charge in [0.25, 0.3) is 5.91 Å². The molecule has 1 N–H and O–H groups in total. The SMILES string of the molecule is CCCC[C@@H](NC(=O)c1ccc(F)cc1)C1CCCCC1. The van der Waals surface area contributed by atoms with Crippen molar-refractivity contribution in [3.8, 4) is 0 Å². The summed E-state index contributed by atoms with van der Waals surface area (Å²) in [5.74, 6) is 0.234. The fraction of sp³-hybridized carbons (Fsp3) is 0.611. The van der Waals surface area contributed by atoms with Gasteiger partial charge in [0.2, 0.25) is 0 Å². The predicted molar refractivity (Wildman–Crippen MR) is 83.8 cm³/mol. The number of rotatable bonds is 6. The molecule has 1 aliphatic carbocycles. The van der Waals surface area contributed by atoms with Crippen molar-refractivity contribution in [1.82, 2.24) is 5.32 Å². The third-order valence-corrected chi connectivity index (χ3v) is 4.51. The van der Waals surface area contributed by atoms with Crippen LogP contribution in [-0.4, -0.2) is 11.9 Å². The lowest BCUT2D eigenvalue weighted by molar-refractivity contribution is 0.0908. The zero-order valence-electron chi connectivity index (χ0n) is 12.9. The molecule has 0 radical (unpaired) electrons. The molecule has 1 fully saturated rings. The summed E-state index contributed by atoms with van der Waals surface area (Å²) in [6.45, 7) is 2.18. The van der Waals surface area contributed by atoms with Crippen molar-refractivity contribution >= 4 is 5.91 Å². The van der Waals surface area contributed by atoms with E-state index in [-0.39, 0.29) is 17.8 Å². The lowest BCUT2D eigenvalue weighted by Gasteiger charge is -2.31. The average molecular weight is 291 g/mol. The zero-order valence-corrected chi connectivity index (χ0v) is 12.9. The molecule has 0 spiro atoms. The van der Waals surface area contributed by atoms with Gasteiger partial charge in [0.1, 0.15) is 5.82 Å². The summed E-state index contributed by atoms with van der Waals surface area (Å²) in [7, 11) is 0. The molecule has 0 aliphatic heterocycles. The third-order valence-electron chi connectivity index (χ3n) is 4.51. The van der Waals surface area contributed by atoms with Gasteiger partial charge in [0.15, 0.2) is 0 Å². The Hall–Kier alpha value is -1.38. The minimum atomic E-state index is -0.304. The number of hydrogen-bond donors (Lipinski definition) is 1. The predicted octanol–water partition coefficient (Wildman–Crippen LogP) is 4.69. The van der Waals surface area contributed by atoms with Crippen molar-refractivity contribution in [3.05, 3.63) is 35.6 Å². The molecular weight excluding hydrogens is 265 g/mol. The van der Waals surface area contributed by atoms with Gasteiger partial charge in [-0.2, -0.15) is 0 Å². The molecule has 1 aromatic rings. The number of hydrogen-bond acceptors (Lipinski definition) is 1. The van der Waals surface area contributed by atoms with Gasteiger partial charge in [-0.3, -0.25) is 4.79 Å². The molecule has 3 heteroatoms. The summed E-state index contributed by atoms with van der Waals surface area (Å²) in [6, 6.07) is 6.07. The van der Waals surface area contributed by atoms with Crippen LogP contribution in [0.4, 0.5) is 4.39 Å². The van der Waals surface area contributed by atoms with Crippen LogP contribution in [-0.2, 0) is 0 Å². The van der Waals surface area contributed by atoms with Gasteiger partial charge in [-0.25, -0.2) is 4.39 Å². The van der Waals surface area contributed by atoms with Crippen LogP contribution in [0.3, 0.4) is 0 Å². The number of carbonyl (C=O) groups is 1. The number of amides is 1. The molecule has 0 unspecified atom stereocenters. The van der Waals surface area contributed by atoms with Crippen LogP contribution < -0.4 is 5.32 Å². The molecule has 0 saturated heterocycles. The molecule has 21 heavy (non-hydrogen) atoms. The molecule has 2 nitrogen and oxygen atoms in total. The monoisotopic (exact) mass is 291 g/mol. The minimum absolute atomic E-state index is 0.0679. The first-order valence-corrected chi connectivity index (χ1v) is 8.27. The van der Waals surface area contributed by atoms with Gasteiger partial charge >= 0.3 is 0 Å². The normalized spacial score (nSPS) is 17.4. The maximum atomic E-state index is 12.9. The summed E-state index contributed by atoms with van der Waals surface area (Å²) in [4.78, 5) is 12.3. The highest BCUT2D eigenvalue weighted by Crippen LogP contribution is 2.28. The van der Waals surface area contributed by atoms with Crippen LogP contribution in [0.1, 0.15) is 68.6 Å². The van der Waals surface area contributed by atoms with E-state index in [1.165, 1.54) is 44.2 Å². The van der Waals surface area contributed by atoms with Crippen molar-refractivity contribution in [2.75, 3.05) is 0 Å². The standard InChI is InChI=1S/C18H26FNO/c1-2-3-9-17(14-7-5-4-6-8-14)20-18(21)15-10-12-16(19)13-11-15/h10-14,17H,2-9H2,1H3,(H,20,21)/t17-/m1/s1. The van der Waals surface area contributed by atoms with Gasteiger partial charge in [0.05, 0.1) is 0 Å². The van der Waals surface area contributed by atoms with Crippen LogP contribution in [0.5, 0.6) is 0 Å². The Morgan fingerprint density at radius 1 is 1.24 bits per heavy atom. The van der Waals surface area contributed by atoms with E-state index < -0.39 is 0 Å². The first kappa shape index (κ1) is 16.0. The third kappa shape index (κ3) is 4.83. The lowest BCUT2D eigenvalue weighted by Crippen LogP contribution is -2.41. The molecule has 1 atom stereocenters. The van der Waals surface area contributed by atoms with E-state index >= 15 is 0 Å². The molecule has 1 aliphatic rings. The summed E-state index contributed by atoms with van der Waals surface area (Å²) in [5.41, 5.74) is 0.550. The van der Waals surface area contributed by atoms with Crippen LogP contribution in [0.2, 0.25) is 0 Å². The van der Waals surface area contributed by atoms with Gasteiger partial charge in [0, 0.05) is 11.6 Å². The fourth-order valence-electron chi connectivity index (χ4n) is 3.24. The van der Waals surface area contributed by atoms with Crippen LogP contribution in [0, 0.1) is 11.7 Å². The maximum Gasteiger partial charge on any atom is 0.251 e. The van der Waals surface area contributed by atoms with E-state index in [2.05, 4.69) is 12.2 Å². The van der Waals surface area contributed by atoms with E-state index in [1.807, 2.05) is 0 Å². The fourth-order valence-corrected chi connectivity index (χ4v) is 3.24. The van der Waals surface area contributed by atoms with E-state index in [0.717, 1.165) is 19.3 Å². The highest BCUT2D eigenvalue weighted by molar-refractivity contribution is 5.94. The smallest absolute Gasteiger partial charge is 0.251 e. The van der Waals surface area contributed by atoms with E-state index in [9.17, 15) is 9.18 Å². The number of unbranched alkanes of at least 4 members (excludes halogenated alkanes) is 1. The summed E-state index contributed by atoms with van der Waals surface area (Å²) in [5, 5.41) is 3.20. The van der Waals surface area contributed by atoms with Crippen molar-refractivity contribution < 1.29 is 9.18 Å². The highest BCUT2D eigenvalue weighted by Gasteiger charge is 2.24. The minimum Gasteiger partial charge on any atom is -0.349 e. The van der Waals surface area contributed by atoms with Gasteiger partial charge < -0.3 is 5.32 Å². The maximum absolute atomic E-state index is 12.9. The van der Waals surface area contributed by atoms with E-state index in [0.29, 0.717) is 11.5 Å². The first-order valence-electron chi connectivity index (χ1n) is 8.27. The van der Waals surface area contributed by atoms with Crippen LogP contribution in [0.25, 0.3) is 0 Å². The van der Waals surface area contributed by atoms with Gasteiger partial charge in [-0.05, 0) is 49.4 Å². The molecule has 2 rings (SSSR count). The highest BCUT2D eigenvalue weighted by atomic mass is 19.1. The van der Waals surface area contributed by atoms with Crippen molar-refractivity contribution in [3.63, 3.8) is 0 Å². The van der Waals surface area contributed by atoms with Crippen molar-refractivity contribution in [2.45, 2.75) is 64.3 Å². The Kier molecular flexibility index (Phi) is 6.21. The number of nitrogens with one attached hydrogen (secondary N) is 1. The molecular formula is C18H26FNO. The second kappa shape index (κ2) is 8.16. The summed E-state index contributed by atoms with van der Waals surface area (Å²) >= 11 is 0. The van der Waals surface area contributed by atoms with Crippen molar-refractivity contribution in [2.24, 2.45) is 5.92 Å². The molecule has 1 amide bonds. The van der Waals surface area contributed by atoms with E-state index in [4.69, 9.17) is 0 Å². The van der Waals surface area contributed by atoms with Crippen molar-refractivity contribution in [1.29, 1.82) is 0 Å². The topological polar surface area (TPSA) is 29.1 Å². The Morgan fingerprint density at radius 2 is 1.90 bits per heavy atom. The largest absolute Gasteiger partial charge is 0.349 e. The zero-order chi connectivity index (χ0) is 15.1. The second-order valence-corrected chi connectivity index (χ2v) is 6.13. The summed E-state index contributed by atoms with van der Waals surface area (Å²) < 4.78 is 12.9. The van der Waals surface area contributed by atoms with Crippen LogP contribution in [0.15, 0.2) is 24.3 Å². The number of carbonyl (C=O) groups excluding carboxylic acids is 1. The molecule has 1 aromatic carbocycles. The molecule has 116 valence electrons. The number of benzene rings is 1. The molecule has 0 aromatic heterocycles. The molecule has 1 saturated carbocycles. The van der Waals surface area contributed by atoms with Gasteiger partial charge in [-0.1, -0.05) is 39.0 Å². The Bertz CT molecular complexity index is 437. The van der Waals surface area contributed by atoms with Crippen LogP contribution >= 0.6 is 0 Å². The molecule has 0 heterocycles. The average Bonchev–Trinajstić information content (AvgIpc) is 2.52. The summed E-state index contributed by atoms with van der Waals surface area (Å²) in [6.07, 6.45) is 9.66. The van der Waals surface area contributed by atoms with E-state index in [1.54, 1.807) is 12.1 Å². The lowest BCUT2D eigenvalue weighted by atomic mass is 9.82. The Morgan fingerprint density at radius 3 is 2.52 bits per heavy atom. The Labute approximate surface area is 127 Å². The quantitative estimate of drug-likeness (QED) is 0.809. The first-order chi connectivity index (χ1) is 10.2. The second-order valence-electron chi connectivity index (χ2n) is 6.13. The number of halogens is 1. The van der Waals surface area contributed by atoms with Gasteiger partial charge in [-0.15, -0.1) is 0 Å².